The first kappa shape index (κ1) is 11.1. The molecule has 1 aliphatic heterocycles. The summed E-state index contributed by atoms with van der Waals surface area (Å²) >= 11 is 0. The van der Waals surface area contributed by atoms with E-state index in [4.69, 9.17) is 10.5 Å². The first-order chi connectivity index (χ1) is 7.68. The monoisotopic (exact) mass is 223 g/mol. The fraction of sp³-hybridized carbons (Fsp3) is 0.417. The highest BCUT2D eigenvalue weighted by molar-refractivity contribution is 5.98. The van der Waals surface area contributed by atoms with Crippen molar-refractivity contribution in [1.82, 2.24) is 0 Å². The van der Waals surface area contributed by atoms with Crippen LogP contribution >= 0.6 is 0 Å². The number of ether oxygens (including phenoxy) is 1. The molecule has 0 atom stereocenters. The Kier molecular flexibility index (Phi) is 3.19. The van der Waals surface area contributed by atoms with Gasteiger partial charge in [0.1, 0.15) is 5.82 Å². The molecule has 1 aromatic carbocycles. The Bertz CT molecular complexity index is 400. The Morgan fingerprint density at radius 2 is 2.06 bits per heavy atom. The molecular weight excluding hydrogens is 209 g/mol. The van der Waals surface area contributed by atoms with Gasteiger partial charge in [-0.05, 0) is 31.0 Å². The number of ketones is 1. The van der Waals surface area contributed by atoms with Crippen molar-refractivity contribution in [3.05, 3.63) is 29.6 Å². The second kappa shape index (κ2) is 4.61. The molecule has 0 unspecified atom stereocenters. The van der Waals surface area contributed by atoms with Crippen LogP contribution in [0.5, 0.6) is 0 Å². The molecule has 3 nitrogen and oxygen atoms in total. The summed E-state index contributed by atoms with van der Waals surface area (Å²) < 4.78 is 18.4. The molecule has 1 aromatic rings. The van der Waals surface area contributed by atoms with Crippen molar-refractivity contribution in [2.75, 3.05) is 18.9 Å². The highest BCUT2D eigenvalue weighted by atomic mass is 19.1. The third kappa shape index (κ3) is 2.22. The molecule has 0 saturated carbocycles. The number of benzene rings is 1. The number of carbonyl (C=O) groups excluding carboxylic acids is 1. The van der Waals surface area contributed by atoms with Crippen LogP contribution in [0, 0.1) is 11.7 Å². The van der Waals surface area contributed by atoms with E-state index in [9.17, 15) is 9.18 Å². The number of rotatable bonds is 2. The number of anilines is 1. The van der Waals surface area contributed by atoms with Crippen LogP contribution in [-0.2, 0) is 4.74 Å². The molecule has 0 aromatic heterocycles. The van der Waals surface area contributed by atoms with Crippen LogP contribution in [0.25, 0.3) is 0 Å². The van der Waals surface area contributed by atoms with E-state index < -0.39 is 5.82 Å². The van der Waals surface area contributed by atoms with Gasteiger partial charge in [0.05, 0.1) is 5.69 Å². The normalized spacial score (nSPS) is 17.3. The summed E-state index contributed by atoms with van der Waals surface area (Å²) in [4.78, 5) is 12.0. The average molecular weight is 223 g/mol. The first-order valence-electron chi connectivity index (χ1n) is 5.35. The van der Waals surface area contributed by atoms with Gasteiger partial charge in [0, 0.05) is 24.7 Å². The summed E-state index contributed by atoms with van der Waals surface area (Å²) in [6.07, 6.45) is 1.43. The minimum atomic E-state index is -0.530. The smallest absolute Gasteiger partial charge is 0.166 e. The van der Waals surface area contributed by atoms with Gasteiger partial charge in [-0.15, -0.1) is 0 Å². The van der Waals surface area contributed by atoms with Crippen LogP contribution in [-0.4, -0.2) is 19.0 Å². The lowest BCUT2D eigenvalue weighted by Crippen LogP contribution is -2.23. The number of nitrogen functional groups attached to an aromatic ring is 1. The van der Waals surface area contributed by atoms with Gasteiger partial charge in [-0.2, -0.15) is 0 Å². The molecule has 4 heteroatoms. The molecule has 1 saturated heterocycles. The molecule has 0 aliphatic carbocycles. The molecule has 1 fully saturated rings. The summed E-state index contributed by atoms with van der Waals surface area (Å²) in [5, 5.41) is 0. The van der Waals surface area contributed by atoms with E-state index in [2.05, 4.69) is 0 Å². The lowest BCUT2D eigenvalue weighted by Gasteiger charge is -2.20. The maximum absolute atomic E-state index is 13.2. The van der Waals surface area contributed by atoms with Crippen LogP contribution in [0.2, 0.25) is 0 Å². The van der Waals surface area contributed by atoms with Crippen molar-refractivity contribution < 1.29 is 13.9 Å². The summed E-state index contributed by atoms with van der Waals surface area (Å²) in [6.45, 7) is 1.21. The van der Waals surface area contributed by atoms with Crippen molar-refractivity contribution in [2.45, 2.75) is 12.8 Å². The minimum absolute atomic E-state index is 0.0119. The minimum Gasteiger partial charge on any atom is -0.396 e. The Hall–Kier alpha value is -1.42. The van der Waals surface area contributed by atoms with E-state index >= 15 is 0 Å². The van der Waals surface area contributed by atoms with Gasteiger partial charge in [-0.1, -0.05) is 0 Å². The molecule has 0 radical (unpaired) electrons. The molecule has 0 bridgehead atoms. The van der Waals surface area contributed by atoms with E-state index in [1.165, 1.54) is 12.1 Å². The standard InChI is InChI=1S/C12H14FNO2/c13-10-7-9(1-2-11(10)14)12(15)8-3-5-16-6-4-8/h1-2,7-8H,3-6,14H2. The van der Waals surface area contributed by atoms with Crippen molar-refractivity contribution in [2.24, 2.45) is 5.92 Å². The van der Waals surface area contributed by atoms with Gasteiger partial charge in [0.25, 0.3) is 0 Å². The SMILES string of the molecule is Nc1ccc(C(=O)C2CCOCC2)cc1F. The lowest BCUT2D eigenvalue weighted by atomic mass is 9.91. The van der Waals surface area contributed by atoms with E-state index in [1.807, 2.05) is 0 Å². The molecule has 86 valence electrons. The van der Waals surface area contributed by atoms with E-state index in [-0.39, 0.29) is 17.4 Å². The van der Waals surface area contributed by atoms with Crippen molar-refractivity contribution in [3.63, 3.8) is 0 Å². The first-order valence-corrected chi connectivity index (χ1v) is 5.35. The zero-order chi connectivity index (χ0) is 11.5. The predicted octanol–water partition coefficient (Wildman–Crippen LogP) is 2.02. The number of halogens is 1. The Morgan fingerprint density at radius 3 is 2.69 bits per heavy atom. The maximum atomic E-state index is 13.2. The van der Waals surface area contributed by atoms with Crippen LogP contribution in [0.3, 0.4) is 0 Å². The predicted molar refractivity (Wildman–Crippen MR) is 58.7 cm³/mol. The largest absolute Gasteiger partial charge is 0.396 e. The van der Waals surface area contributed by atoms with Crippen LogP contribution in [0.4, 0.5) is 10.1 Å². The molecule has 0 spiro atoms. The molecular formula is C12H14FNO2. The molecule has 0 amide bonds. The van der Waals surface area contributed by atoms with Crippen molar-refractivity contribution >= 4 is 11.5 Å². The number of carbonyl (C=O) groups is 1. The summed E-state index contributed by atoms with van der Waals surface area (Å²) in [5.74, 6) is -0.586. The average Bonchev–Trinajstić information content (AvgIpc) is 2.33. The maximum Gasteiger partial charge on any atom is 0.166 e. The van der Waals surface area contributed by atoms with E-state index in [0.29, 0.717) is 31.6 Å². The number of hydrogen-bond donors (Lipinski definition) is 1. The Balaban J connectivity index is 2.16. The summed E-state index contributed by atoms with van der Waals surface area (Å²) in [5.41, 5.74) is 5.84. The van der Waals surface area contributed by atoms with E-state index in [0.717, 1.165) is 0 Å². The third-order valence-electron chi connectivity index (χ3n) is 2.88. The number of Topliss-reactive ketones (excluding diaryl/α,β-unsaturated/α-hetero) is 1. The highest BCUT2D eigenvalue weighted by Gasteiger charge is 2.23. The van der Waals surface area contributed by atoms with Crippen LogP contribution < -0.4 is 5.73 Å². The van der Waals surface area contributed by atoms with Gasteiger partial charge in [-0.3, -0.25) is 4.79 Å². The van der Waals surface area contributed by atoms with Crippen LogP contribution in [0.15, 0.2) is 18.2 Å². The van der Waals surface area contributed by atoms with Gasteiger partial charge in [-0.25, -0.2) is 4.39 Å². The van der Waals surface area contributed by atoms with Crippen molar-refractivity contribution in [3.8, 4) is 0 Å². The van der Waals surface area contributed by atoms with Crippen molar-refractivity contribution in [1.29, 1.82) is 0 Å². The van der Waals surface area contributed by atoms with E-state index in [1.54, 1.807) is 6.07 Å². The highest BCUT2D eigenvalue weighted by Crippen LogP contribution is 2.21. The third-order valence-corrected chi connectivity index (χ3v) is 2.88. The fourth-order valence-corrected chi connectivity index (χ4v) is 1.88. The fourth-order valence-electron chi connectivity index (χ4n) is 1.88. The zero-order valence-corrected chi connectivity index (χ0v) is 8.91. The van der Waals surface area contributed by atoms with Gasteiger partial charge >= 0.3 is 0 Å². The summed E-state index contributed by atoms with van der Waals surface area (Å²) in [6, 6.07) is 4.23. The second-order valence-electron chi connectivity index (χ2n) is 3.99. The quantitative estimate of drug-likeness (QED) is 0.616. The molecule has 2 N–H and O–H groups in total. The Morgan fingerprint density at radius 1 is 1.38 bits per heavy atom. The molecule has 1 aliphatic rings. The van der Waals surface area contributed by atoms with Gasteiger partial charge < -0.3 is 10.5 Å². The zero-order valence-electron chi connectivity index (χ0n) is 8.91. The number of hydrogen-bond acceptors (Lipinski definition) is 3. The van der Waals surface area contributed by atoms with Gasteiger partial charge in [0.2, 0.25) is 0 Å². The molecule has 16 heavy (non-hydrogen) atoms. The van der Waals surface area contributed by atoms with Gasteiger partial charge in [0.15, 0.2) is 5.78 Å². The molecule has 1 heterocycles. The summed E-state index contributed by atoms with van der Waals surface area (Å²) in [7, 11) is 0. The Labute approximate surface area is 93.4 Å². The molecule has 2 rings (SSSR count). The van der Waals surface area contributed by atoms with Crippen LogP contribution in [0.1, 0.15) is 23.2 Å². The topological polar surface area (TPSA) is 52.3 Å². The second-order valence-corrected chi connectivity index (χ2v) is 3.99. The number of nitrogens with two attached hydrogens (primary N) is 1. The lowest BCUT2D eigenvalue weighted by molar-refractivity contribution is 0.0544.